The number of hydrogen-bond acceptors (Lipinski definition) is 3. The Labute approximate surface area is 97.2 Å². The maximum Gasteiger partial charge on any atom is 0.226 e. The molecule has 2 aliphatic rings. The van der Waals surface area contributed by atoms with Gasteiger partial charge in [0.1, 0.15) is 0 Å². The fourth-order valence-corrected chi connectivity index (χ4v) is 2.44. The summed E-state index contributed by atoms with van der Waals surface area (Å²) < 4.78 is 0. The van der Waals surface area contributed by atoms with Gasteiger partial charge in [0.2, 0.25) is 5.91 Å². The van der Waals surface area contributed by atoms with Crippen LogP contribution in [0, 0.1) is 11.3 Å². The lowest BCUT2D eigenvalue weighted by atomic mass is 10.1. The second kappa shape index (κ2) is 4.34. The van der Waals surface area contributed by atoms with Gasteiger partial charge in [-0.2, -0.15) is 0 Å². The third kappa shape index (κ3) is 2.38. The standard InChI is InChI=1S/C12H22N2O2/c1-12(2)9-10(12)11(16)14-5-3-13(4-6-14)7-8-15/h10,15H,3-9H2,1-2H3/t10-/m1/s1. The van der Waals surface area contributed by atoms with Crippen molar-refractivity contribution < 1.29 is 9.90 Å². The lowest BCUT2D eigenvalue weighted by Crippen LogP contribution is -2.50. The summed E-state index contributed by atoms with van der Waals surface area (Å²) in [5.74, 6) is 0.602. The van der Waals surface area contributed by atoms with Crippen molar-refractivity contribution in [3.05, 3.63) is 0 Å². The third-order valence-electron chi connectivity index (χ3n) is 3.91. The highest BCUT2D eigenvalue weighted by molar-refractivity contribution is 5.82. The highest BCUT2D eigenvalue weighted by atomic mass is 16.3. The second-order valence-electron chi connectivity index (χ2n) is 5.64. The van der Waals surface area contributed by atoms with Gasteiger partial charge in [0, 0.05) is 38.6 Å². The number of amides is 1. The summed E-state index contributed by atoms with van der Waals surface area (Å²) in [5.41, 5.74) is 0.235. The molecule has 1 N–H and O–H groups in total. The molecule has 92 valence electrons. The molecular weight excluding hydrogens is 204 g/mol. The molecular formula is C12H22N2O2. The van der Waals surface area contributed by atoms with Gasteiger partial charge >= 0.3 is 0 Å². The van der Waals surface area contributed by atoms with E-state index in [0.29, 0.717) is 5.91 Å². The zero-order valence-electron chi connectivity index (χ0n) is 10.3. The van der Waals surface area contributed by atoms with Crippen molar-refractivity contribution in [2.75, 3.05) is 39.3 Å². The van der Waals surface area contributed by atoms with E-state index in [4.69, 9.17) is 5.11 Å². The topological polar surface area (TPSA) is 43.8 Å². The molecule has 2 fully saturated rings. The summed E-state index contributed by atoms with van der Waals surface area (Å²) in [6.45, 7) is 8.73. The number of β-amino-alcohol motifs (C(OH)–C–C–N with tert-alkyl or cyclic N) is 1. The van der Waals surface area contributed by atoms with Crippen LogP contribution < -0.4 is 0 Å². The Hall–Kier alpha value is -0.610. The normalized spacial score (nSPS) is 29.2. The van der Waals surface area contributed by atoms with E-state index < -0.39 is 0 Å². The van der Waals surface area contributed by atoms with Crippen molar-refractivity contribution in [2.45, 2.75) is 20.3 Å². The van der Waals surface area contributed by atoms with Gasteiger partial charge in [0.25, 0.3) is 0 Å². The van der Waals surface area contributed by atoms with E-state index in [9.17, 15) is 4.79 Å². The molecule has 0 radical (unpaired) electrons. The number of piperazine rings is 1. The number of rotatable bonds is 3. The number of nitrogens with zero attached hydrogens (tertiary/aromatic N) is 2. The largest absolute Gasteiger partial charge is 0.395 e. The van der Waals surface area contributed by atoms with Crippen LogP contribution in [0.5, 0.6) is 0 Å². The first-order chi connectivity index (χ1) is 7.54. The zero-order valence-corrected chi connectivity index (χ0v) is 10.3. The quantitative estimate of drug-likeness (QED) is 0.746. The maximum atomic E-state index is 12.1. The van der Waals surface area contributed by atoms with Gasteiger partial charge in [-0.15, -0.1) is 0 Å². The fourth-order valence-electron chi connectivity index (χ4n) is 2.44. The van der Waals surface area contributed by atoms with E-state index in [-0.39, 0.29) is 17.9 Å². The first-order valence-electron chi connectivity index (χ1n) is 6.16. The minimum Gasteiger partial charge on any atom is -0.395 e. The van der Waals surface area contributed by atoms with Crippen LogP contribution in [0.2, 0.25) is 0 Å². The van der Waals surface area contributed by atoms with Crippen LogP contribution in [0.3, 0.4) is 0 Å². The average molecular weight is 226 g/mol. The molecule has 1 heterocycles. The lowest BCUT2D eigenvalue weighted by molar-refractivity contribution is -0.135. The van der Waals surface area contributed by atoms with E-state index in [0.717, 1.165) is 39.1 Å². The highest BCUT2D eigenvalue weighted by Crippen LogP contribution is 2.52. The molecule has 0 unspecified atom stereocenters. The van der Waals surface area contributed by atoms with Crippen LogP contribution in [0.1, 0.15) is 20.3 Å². The van der Waals surface area contributed by atoms with Crippen LogP contribution in [0.25, 0.3) is 0 Å². The molecule has 1 aliphatic carbocycles. The van der Waals surface area contributed by atoms with Crippen molar-refractivity contribution >= 4 is 5.91 Å². The maximum absolute atomic E-state index is 12.1. The van der Waals surface area contributed by atoms with Gasteiger partial charge in [0.15, 0.2) is 0 Å². The highest BCUT2D eigenvalue weighted by Gasteiger charge is 2.52. The van der Waals surface area contributed by atoms with E-state index in [1.54, 1.807) is 0 Å². The molecule has 1 aliphatic heterocycles. The van der Waals surface area contributed by atoms with Gasteiger partial charge < -0.3 is 10.0 Å². The summed E-state index contributed by atoms with van der Waals surface area (Å²) in [4.78, 5) is 16.3. The van der Waals surface area contributed by atoms with E-state index in [1.165, 1.54) is 0 Å². The second-order valence-corrected chi connectivity index (χ2v) is 5.64. The van der Waals surface area contributed by atoms with Crippen molar-refractivity contribution in [1.29, 1.82) is 0 Å². The minimum absolute atomic E-state index is 0.212. The smallest absolute Gasteiger partial charge is 0.226 e. The van der Waals surface area contributed by atoms with Crippen LogP contribution >= 0.6 is 0 Å². The van der Waals surface area contributed by atoms with Gasteiger partial charge in [0.05, 0.1) is 6.61 Å². The Morgan fingerprint density at radius 3 is 2.31 bits per heavy atom. The summed E-state index contributed by atoms with van der Waals surface area (Å²) in [6.07, 6.45) is 1.04. The predicted molar refractivity (Wildman–Crippen MR) is 62.0 cm³/mol. The molecule has 1 saturated carbocycles. The van der Waals surface area contributed by atoms with Crippen LogP contribution in [-0.4, -0.2) is 60.1 Å². The molecule has 0 bridgehead atoms. The molecule has 0 aromatic rings. The SMILES string of the molecule is CC1(C)C[C@@H]1C(=O)N1CCN(CCO)CC1. The van der Waals surface area contributed by atoms with Crippen molar-refractivity contribution in [1.82, 2.24) is 9.80 Å². The van der Waals surface area contributed by atoms with Gasteiger partial charge in [-0.3, -0.25) is 9.69 Å². The Kier molecular flexibility index (Phi) is 3.22. The van der Waals surface area contributed by atoms with Crippen LogP contribution in [-0.2, 0) is 4.79 Å². The van der Waals surface area contributed by atoms with Crippen molar-refractivity contribution in [3.63, 3.8) is 0 Å². The molecule has 4 heteroatoms. The van der Waals surface area contributed by atoms with E-state index in [2.05, 4.69) is 18.7 Å². The van der Waals surface area contributed by atoms with Crippen molar-refractivity contribution in [2.24, 2.45) is 11.3 Å². The number of aliphatic hydroxyl groups excluding tert-OH is 1. The Morgan fingerprint density at radius 1 is 1.31 bits per heavy atom. The molecule has 0 aromatic carbocycles. The van der Waals surface area contributed by atoms with E-state index in [1.807, 2.05) is 4.90 Å². The Balaban J connectivity index is 1.79. The Bertz CT molecular complexity index is 270. The monoisotopic (exact) mass is 226 g/mol. The van der Waals surface area contributed by atoms with Crippen molar-refractivity contribution in [3.8, 4) is 0 Å². The summed E-state index contributed by atoms with van der Waals surface area (Å²) in [7, 11) is 0. The van der Waals surface area contributed by atoms with Gasteiger partial charge in [-0.25, -0.2) is 0 Å². The first kappa shape index (κ1) is 11.9. The Morgan fingerprint density at radius 2 is 1.88 bits per heavy atom. The van der Waals surface area contributed by atoms with Gasteiger partial charge in [-0.05, 0) is 11.8 Å². The average Bonchev–Trinajstić information content (AvgIpc) is 2.88. The number of hydrogen-bond donors (Lipinski definition) is 1. The molecule has 0 spiro atoms. The van der Waals surface area contributed by atoms with Gasteiger partial charge in [-0.1, -0.05) is 13.8 Å². The summed E-state index contributed by atoms with van der Waals surface area (Å²) >= 11 is 0. The summed E-state index contributed by atoms with van der Waals surface area (Å²) in [5, 5.41) is 8.84. The zero-order chi connectivity index (χ0) is 11.8. The summed E-state index contributed by atoms with van der Waals surface area (Å²) in [6, 6.07) is 0. The molecule has 0 aromatic heterocycles. The number of carbonyl (C=O) groups is 1. The third-order valence-corrected chi connectivity index (χ3v) is 3.91. The first-order valence-corrected chi connectivity index (χ1v) is 6.16. The predicted octanol–water partition coefficient (Wildman–Crippen LogP) is 0.169. The lowest BCUT2D eigenvalue weighted by Gasteiger charge is -2.34. The molecule has 1 amide bonds. The molecule has 1 atom stereocenters. The number of aliphatic hydroxyl groups is 1. The molecule has 16 heavy (non-hydrogen) atoms. The van der Waals surface area contributed by atoms with E-state index >= 15 is 0 Å². The molecule has 4 nitrogen and oxygen atoms in total. The van der Waals surface area contributed by atoms with Crippen LogP contribution in [0.15, 0.2) is 0 Å². The molecule has 2 rings (SSSR count). The molecule has 1 saturated heterocycles. The minimum atomic E-state index is 0.212. The number of carbonyl (C=O) groups excluding carboxylic acids is 1. The fraction of sp³-hybridized carbons (Fsp3) is 0.917. The van der Waals surface area contributed by atoms with Crippen LogP contribution in [0.4, 0.5) is 0 Å².